The minimum atomic E-state index is -0.110. The van der Waals surface area contributed by atoms with E-state index in [0.717, 1.165) is 61.4 Å². The SMILES string of the molecule is Cn1c(CCC(=O)N2CCC(C(=O)NC3CCN(Cc4ccccn4)CC3)C2)nc2ccccc21. The minimum Gasteiger partial charge on any atom is -0.353 e. The van der Waals surface area contributed by atoms with Gasteiger partial charge in [-0.1, -0.05) is 18.2 Å². The van der Waals surface area contributed by atoms with E-state index in [2.05, 4.69) is 30.8 Å². The summed E-state index contributed by atoms with van der Waals surface area (Å²) in [7, 11) is 1.99. The van der Waals surface area contributed by atoms with Crippen LogP contribution in [0.1, 0.15) is 37.2 Å². The summed E-state index contributed by atoms with van der Waals surface area (Å²) in [5.74, 6) is 1.01. The second kappa shape index (κ2) is 10.6. The summed E-state index contributed by atoms with van der Waals surface area (Å²) >= 11 is 0. The maximum atomic E-state index is 12.9. The second-order valence-electron chi connectivity index (χ2n) is 9.78. The molecule has 1 atom stereocenters. The number of aryl methyl sites for hydroxylation is 2. The summed E-state index contributed by atoms with van der Waals surface area (Å²) in [5.41, 5.74) is 3.12. The van der Waals surface area contributed by atoms with E-state index in [1.807, 2.05) is 54.5 Å². The van der Waals surface area contributed by atoms with Crippen LogP contribution in [0.25, 0.3) is 11.0 Å². The van der Waals surface area contributed by atoms with Crippen molar-refractivity contribution in [2.45, 2.75) is 44.7 Å². The molecule has 5 rings (SSSR count). The number of hydrogen-bond donors (Lipinski definition) is 1. The molecule has 2 fully saturated rings. The Morgan fingerprint density at radius 1 is 1.03 bits per heavy atom. The van der Waals surface area contributed by atoms with E-state index in [9.17, 15) is 9.59 Å². The zero-order valence-electron chi connectivity index (χ0n) is 20.4. The van der Waals surface area contributed by atoms with E-state index in [0.29, 0.717) is 25.9 Å². The zero-order valence-corrected chi connectivity index (χ0v) is 20.4. The molecule has 8 nitrogen and oxygen atoms in total. The Morgan fingerprint density at radius 3 is 2.60 bits per heavy atom. The van der Waals surface area contributed by atoms with Gasteiger partial charge in [0, 0.05) is 64.9 Å². The number of rotatable bonds is 7. The van der Waals surface area contributed by atoms with Gasteiger partial charge in [-0.25, -0.2) is 4.98 Å². The second-order valence-corrected chi connectivity index (χ2v) is 9.78. The Balaban J connectivity index is 1.05. The Morgan fingerprint density at radius 2 is 1.83 bits per heavy atom. The van der Waals surface area contributed by atoms with E-state index >= 15 is 0 Å². The number of carbonyl (C=O) groups excluding carboxylic acids is 2. The summed E-state index contributed by atoms with van der Waals surface area (Å²) in [6.45, 7) is 3.95. The molecule has 2 saturated heterocycles. The first-order valence-corrected chi connectivity index (χ1v) is 12.7. The molecular formula is C27H34N6O2. The van der Waals surface area contributed by atoms with Gasteiger partial charge in [0.15, 0.2) is 0 Å². The van der Waals surface area contributed by atoms with Crippen LogP contribution in [-0.4, -0.2) is 68.4 Å². The van der Waals surface area contributed by atoms with Crippen molar-refractivity contribution in [2.24, 2.45) is 13.0 Å². The topological polar surface area (TPSA) is 83.4 Å². The van der Waals surface area contributed by atoms with Gasteiger partial charge >= 0.3 is 0 Å². The van der Waals surface area contributed by atoms with Gasteiger partial charge in [-0.15, -0.1) is 0 Å². The van der Waals surface area contributed by atoms with Crippen molar-refractivity contribution in [3.63, 3.8) is 0 Å². The van der Waals surface area contributed by atoms with E-state index in [4.69, 9.17) is 0 Å². The molecule has 8 heteroatoms. The van der Waals surface area contributed by atoms with Crippen LogP contribution in [0.3, 0.4) is 0 Å². The normalized spacial score (nSPS) is 19.3. The number of hydrogen-bond acceptors (Lipinski definition) is 5. The number of nitrogens with one attached hydrogen (secondary N) is 1. The minimum absolute atomic E-state index is 0.0961. The lowest BCUT2D eigenvalue weighted by Gasteiger charge is -2.32. The highest BCUT2D eigenvalue weighted by Gasteiger charge is 2.32. The van der Waals surface area contributed by atoms with Crippen molar-refractivity contribution >= 4 is 22.8 Å². The predicted molar refractivity (Wildman–Crippen MR) is 134 cm³/mol. The molecule has 184 valence electrons. The highest BCUT2D eigenvalue weighted by atomic mass is 16.2. The summed E-state index contributed by atoms with van der Waals surface area (Å²) in [6.07, 6.45) is 5.49. The molecule has 35 heavy (non-hydrogen) atoms. The fraction of sp³-hybridized carbons (Fsp3) is 0.481. The fourth-order valence-corrected chi connectivity index (χ4v) is 5.27. The lowest BCUT2D eigenvalue weighted by Crippen LogP contribution is -2.46. The Kier molecular flexibility index (Phi) is 7.08. The number of nitrogens with zero attached hydrogens (tertiary/aromatic N) is 5. The molecule has 2 aliphatic rings. The Labute approximate surface area is 206 Å². The molecule has 1 N–H and O–H groups in total. The number of likely N-dealkylation sites (tertiary alicyclic amines) is 2. The first kappa shape index (κ1) is 23.5. The molecule has 2 amide bonds. The molecule has 0 aliphatic carbocycles. The van der Waals surface area contributed by atoms with Gasteiger partial charge in [0.1, 0.15) is 5.82 Å². The van der Waals surface area contributed by atoms with Crippen LogP contribution in [0.15, 0.2) is 48.7 Å². The Bertz CT molecular complexity index is 1170. The quantitative estimate of drug-likeness (QED) is 0.569. The van der Waals surface area contributed by atoms with Crippen molar-refractivity contribution in [1.82, 2.24) is 29.7 Å². The summed E-state index contributed by atoms with van der Waals surface area (Å²) in [4.78, 5) is 39.1. The number of para-hydroxylation sites is 2. The lowest BCUT2D eigenvalue weighted by molar-refractivity contribution is -0.130. The van der Waals surface area contributed by atoms with Gasteiger partial charge in [-0.05, 0) is 43.5 Å². The molecule has 1 unspecified atom stereocenters. The van der Waals surface area contributed by atoms with Crippen LogP contribution in [0.5, 0.6) is 0 Å². The van der Waals surface area contributed by atoms with E-state index < -0.39 is 0 Å². The molecule has 1 aromatic carbocycles. The number of piperidine rings is 1. The largest absolute Gasteiger partial charge is 0.353 e. The fourth-order valence-electron chi connectivity index (χ4n) is 5.27. The van der Waals surface area contributed by atoms with Crippen molar-refractivity contribution < 1.29 is 9.59 Å². The van der Waals surface area contributed by atoms with Gasteiger partial charge in [0.05, 0.1) is 22.6 Å². The average Bonchev–Trinajstić information content (AvgIpc) is 3.50. The number of imidazole rings is 1. The van der Waals surface area contributed by atoms with Gasteiger partial charge in [-0.2, -0.15) is 0 Å². The molecule has 2 aliphatic heterocycles. The van der Waals surface area contributed by atoms with E-state index in [1.54, 1.807) is 0 Å². The molecule has 2 aromatic heterocycles. The predicted octanol–water partition coefficient (Wildman–Crippen LogP) is 2.53. The standard InChI is InChI=1S/C27H34N6O2/c1-31-24-8-3-2-7-23(24)30-25(31)9-10-26(34)33-17-11-20(18-33)27(35)29-21-12-15-32(16-13-21)19-22-6-4-5-14-28-22/h2-8,14,20-21H,9-13,15-19H2,1H3,(H,29,35). The summed E-state index contributed by atoms with van der Waals surface area (Å²) < 4.78 is 2.06. The van der Waals surface area contributed by atoms with Crippen LogP contribution in [0.2, 0.25) is 0 Å². The zero-order chi connectivity index (χ0) is 24.2. The molecular weight excluding hydrogens is 440 g/mol. The first-order valence-electron chi connectivity index (χ1n) is 12.7. The third-order valence-corrected chi connectivity index (χ3v) is 7.40. The summed E-state index contributed by atoms with van der Waals surface area (Å²) in [5, 5.41) is 3.25. The van der Waals surface area contributed by atoms with Crippen LogP contribution < -0.4 is 5.32 Å². The van der Waals surface area contributed by atoms with Crippen molar-refractivity contribution in [3.8, 4) is 0 Å². The first-order chi connectivity index (χ1) is 17.1. The van der Waals surface area contributed by atoms with E-state index in [1.165, 1.54) is 0 Å². The van der Waals surface area contributed by atoms with Crippen LogP contribution >= 0.6 is 0 Å². The molecule has 4 heterocycles. The third-order valence-electron chi connectivity index (χ3n) is 7.40. The highest BCUT2D eigenvalue weighted by molar-refractivity contribution is 5.82. The monoisotopic (exact) mass is 474 g/mol. The lowest BCUT2D eigenvalue weighted by atomic mass is 10.0. The maximum Gasteiger partial charge on any atom is 0.225 e. The average molecular weight is 475 g/mol. The summed E-state index contributed by atoms with van der Waals surface area (Å²) in [6, 6.07) is 14.2. The number of aromatic nitrogens is 3. The van der Waals surface area contributed by atoms with E-state index in [-0.39, 0.29) is 23.8 Å². The van der Waals surface area contributed by atoms with Gasteiger partial charge in [-0.3, -0.25) is 19.5 Å². The number of pyridine rings is 1. The van der Waals surface area contributed by atoms with Crippen LogP contribution in [0, 0.1) is 5.92 Å². The van der Waals surface area contributed by atoms with Crippen LogP contribution in [-0.2, 0) is 29.6 Å². The number of benzene rings is 1. The van der Waals surface area contributed by atoms with Gasteiger partial charge in [0.25, 0.3) is 0 Å². The number of fused-ring (bicyclic) bond motifs is 1. The van der Waals surface area contributed by atoms with Gasteiger partial charge < -0.3 is 14.8 Å². The molecule has 0 spiro atoms. The smallest absolute Gasteiger partial charge is 0.225 e. The number of amides is 2. The number of carbonyl (C=O) groups is 2. The molecule has 0 bridgehead atoms. The van der Waals surface area contributed by atoms with Crippen LogP contribution in [0.4, 0.5) is 0 Å². The van der Waals surface area contributed by atoms with Crippen molar-refractivity contribution in [2.75, 3.05) is 26.2 Å². The maximum absolute atomic E-state index is 12.9. The van der Waals surface area contributed by atoms with Gasteiger partial charge in [0.2, 0.25) is 11.8 Å². The van der Waals surface area contributed by atoms with Crippen molar-refractivity contribution in [3.05, 3.63) is 60.2 Å². The Hall–Kier alpha value is -3.26. The molecule has 0 radical (unpaired) electrons. The van der Waals surface area contributed by atoms with Crippen molar-refractivity contribution in [1.29, 1.82) is 0 Å². The molecule has 3 aromatic rings. The third kappa shape index (κ3) is 5.53. The molecule has 0 saturated carbocycles. The highest BCUT2D eigenvalue weighted by Crippen LogP contribution is 2.21.